The lowest BCUT2D eigenvalue weighted by Crippen LogP contribution is -2.49. The lowest BCUT2D eigenvalue weighted by atomic mass is 9.60. The van der Waals surface area contributed by atoms with Gasteiger partial charge in [-0.25, -0.2) is 15.0 Å². The second-order valence-corrected chi connectivity index (χ2v) is 19.8. The summed E-state index contributed by atoms with van der Waals surface area (Å²) < 4.78 is 5.48. The Morgan fingerprint density at radius 1 is 0.397 bits per heavy atom. The summed E-state index contributed by atoms with van der Waals surface area (Å²) in [6.45, 7) is 0. The molecule has 1 aliphatic carbocycles. The normalized spacial score (nSPS) is 12.9. The van der Waals surface area contributed by atoms with E-state index in [4.69, 9.17) is 93.4 Å². The first-order valence-electron chi connectivity index (χ1n) is 23.7. The zero-order valence-corrected chi connectivity index (χ0v) is 39.8. The monoisotopic (exact) mass is 921 g/mol. The first-order chi connectivity index (χ1) is 35.4. The van der Waals surface area contributed by atoms with Crippen molar-refractivity contribution in [3.63, 3.8) is 0 Å². The number of allylic oxidation sites excluding steroid dienone is 1. The molecule has 0 unspecified atom stereocenters. The molecule has 0 atom stereocenters. The fourth-order valence-corrected chi connectivity index (χ4v) is 12.8. The van der Waals surface area contributed by atoms with Crippen LogP contribution in [0, 0.1) is 0 Å². The van der Waals surface area contributed by atoms with Gasteiger partial charge < -0.3 is 9.13 Å². The molecule has 0 spiro atoms. The first kappa shape index (κ1) is 44.4. The third-order valence-corrected chi connectivity index (χ3v) is 16.2. The van der Waals surface area contributed by atoms with Crippen LogP contribution in [0.15, 0.2) is 127 Å². The van der Waals surface area contributed by atoms with Crippen molar-refractivity contribution in [2.24, 2.45) is 0 Å². The maximum Gasteiger partial charge on any atom is 0.165 e. The molecule has 16 heteroatoms. The predicted octanol–water partition coefficient (Wildman–Crippen LogP) is 2.67. The fraction of sp³-hybridized carbons (Fsp3) is 0.0351. The van der Waals surface area contributed by atoms with Gasteiger partial charge in [0.25, 0.3) is 0 Å². The molecule has 0 aliphatic heterocycles. The quantitative estimate of drug-likeness (QED) is 0.198. The van der Waals surface area contributed by atoms with Crippen LogP contribution in [0.1, 0.15) is 22.7 Å². The van der Waals surface area contributed by atoms with Gasteiger partial charge in [-0.1, -0.05) is 118 Å². The Morgan fingerprint density at radius 3 is 1.53 bits per heavy atom. The predicted molar refractivity (Wildman–Crippen MR) is 317 cm³/mol. The molecule has 1 aliphatic rings. The van der Waals surface area contributed by atoms with E-state index in [9.17, 15) is 0 Å². The van der Waals surface area contributed by atoms with Crippen LogP contribution >= 0.6 is 11.3 Å². The van der Waals surface area contributed by atoms with E-state index < -0.39 is 0 Å². The Morgan fingerprint density at radius 2 is 0.904 bits per heavy atom. The number of hydrogen-bond acceptors (Lipinski definition) is 4. The molecule has 4 heterocycles. The van der Waals surface area contributed by atoms with Crippen LogP contribution in [0.4, 0.5) is 0 Å². The molecule has 5 nitrogen and oxygen atoms in total. The van der Waals surface area contributed by atoms with Crippen molar-refractivity contribution in [2.45, 2.75) is 12.8 Å². The van der Waals surface area contributed by atoms with Gasteiger partial charge in [-0.15, -0.1) is 33.2 Å². The van der Waals surface area contributed by atoms with E-state index in [1.165, 1.54) is 20.5 Å². The van der Waals surface area contributed by atoms with Gasteiger partial charge in [0.05, 0.1) is 16.7 Å². The van der Waals surface area contributed by atoms with Crippen molar-refractivity contribution in [3.05, 3.63) is 144 Å². The Balaban J connectivity index is 1.02. The summed E-state index contributed by atoms with van der Waals surface area (Å²) in [5.41, 5.74) is 10.1. The van der Waals surface area contributed by atoms with E-state index in [1.54, 1.807) is 11.3 Å². The van der Waals surface area contributed by atoms with Gasteiger partial charge >= 0.3 is 0 Å². The highest BCUT2D eigenvalue weighted by Gasteiger charge is 2.30. The van der Waals surface area contributed by atoms with Crippen LogP contribution in [0.5, 0.6) is 0 Å². The maximum atomic E-state index is 7.16. The van der Waals surface area contributed by atoms with Crippen LogP contribution in [-0.2, 0) is 6.42 Å². The van der Waals surface area contributed by atoms with E-state index in [0.29, 0.717) is 66.5 Å². The van der Waals surface area contributed by atoms with Crippen molar-refractivity contribution >= 4 is 225 Å². The Kier molecular flexibility index (Phi) is 9.80. The zero-order chi connectivity index (χ0) is 49.9. The maximum absolute atomic E-state index is 7.16. The van der Waals surface area contributed by atoms with Crippen molar-refractivity contribution in [3.8, 4) is 34.2 Å². The molecule has 73 heavy (non-hydrogen) atoms. The van der Waals surface area contributed by atoms with Crippen LogP contribution in [0.3, 0.4) is 0 Å². The molecular weight excluding hydrogens is 895 g/mol. The summed E-state index contributed by atoms with van der Waals surface area (Å²) >= 11 is 1.79. The van der Waals surface area contributed by atoms with Gasteiger partial charge in [0.2, 0.25) is 0 Å². The van der Waals surface area contributed by atoms with Crippen LogP contribution in [-0.4, -0.2) is 103 Å². The van der Waals surface area contributed by atoms with Gasteiger partial charge in [0, 0.05) is 64.5 Å². The Labute approximate surface area is 437 Å². The van der Waals surface area contributed by atoms with Gasteiger partial charge in [0.15, 0.2) is 17.5 Å². The number of aromatic nitrogens is 5. The number of benzene rings is 9. The molecule has 0 amide bonds. The molecule has 0 N–H and O–H groups in total. The molecule has 0 saturated carbocycles. The summed E-state index contributed by atoms with van der Waals surface area (Å²) in [7, 11) is 69.0. The smallest absolute Gasteiger partial charge is 0.165 e. The van der Waals surface area contributed by atoms with Crippen molar-refractivity contribution < 1.29 is 0 Å². The van der Waals surface area contributed by atoms with Gasteiger partial charge in [0.1, 0.15) is 78.5 Å². The van der Waals surface area contributed by atoms with Gasteiger partial charge in [-0.2, -0.15) is 0 Å². The molecule has 13 aromatic rings. The molecule has 0 bridgehead atoms. The third kappa shape index (κ3) is 6.07. The highest BCUT2D eigenvalue weighted by molar-refractivity contribution is 7.20. The second kappa shape index (κ2) is 16.1. The molecule has 0 fully saturated rings. The molecule has 14 rings (SSSR count). The Hall–Kier alpha value is -7.28. The average molecular weight is 920 g/mol. The van der Waals surface area contributed by atoms with Crippen molar-refractivity contribution in [1.29, 1.82) is 0 Å². The Bertz CT molecular complexity index is 4500. The molecule has 4 aromatic heterocycles. The summed E-state index contributed by atoms with van der Waals surface area (Å²) in [6, 6.07) is 41.3. The van der Waals surface area contributed by atoms with Crippen LogP contribution in [0.2, 0.25) is 0 Å². The zero-order valence-electron chi connectivity index (χ0n) is 39.0. The highest BCUT2D eigenvalue weighted by atomic mass is 32.1. The standard InChI is InChI=1S/C57H25B10N5S/c58-41-35-36(42(59)46(63)45(41)62)38-40-39-37(35)43(60)47(64)49(66)52(39)72(53(40)50(67)48(65)44(38)61)33-18-9-14-29-27-12-4-6-17-32(27)71(51(29)33)26-22-20-25(21-23-26)56-68-55(24-10-2-1-3-11-24)69-57(70-56)31-16-8-15-30-28-13-5-7-19-34(28)73-54(30)31/h1-7,9-14,16-23H,8,15H2. The lowest BCUT2D eigenvalue weighted by molar-refractivity contribution is 0.978. The van der Waals surface area contributed by atoms with E-state index >= 15 is 0 Å². The number of thiophene rings is 1. The SMILES string of the molecule is [B]c1c([B])c([B])c2c(c1[B])c1c([B])c([B])c([B])c3c1c1c2c([B])c([B])c([B])c1n3-c1cccc2c3ccccc3n(-c3ccc(-c4nc(C5=CCCc6c5sc5ccccc65)nc(-c5ccccc5)n4)cc3)c12. The number of para-hydroxylation sites is 2. The number of aryl methyl sites for hydroxylation is 1. The minimum atomic E-state index is 0.0977. The topological polar surface area (TPSA) is 48.5 Å². The highest BCUT2D eigenvalue weighted by Crippen LogP contribution is 2.44. The van der Waals surface area contributed by atoms with E-state index in [-0.39, 0.29) is 54.6 Å². The molecule has 0 saturated heterocycles. The minimum Gasteiger partial charge on any atom is -0.308 e. The summed E-state index contributed by atoms with van der Waals surface area (Å²) in [4.78, 5) is 16.7. The van der Waals surface area contributed by atoms with Crippen LogP contribution in [0.25, 0.3) is 115 Å². The van der Waals surface area contributed by atoms with Crippen LogP contribution < -0.4 is 54.6 Å². The fourth-order valence-electron chi connectivity index (χ4n) is 11.5. The third-order valence-electron chi connectivity index (χ3n) is 14.9. The van der Waals surface area contributed by atoms with E-state index in [0.717, 1.165) is 57.0 Å². The molecule has 20 radical (unpaired) electrons. The van der Waals surface area contributed by atoms with Crippen molar-refractivity contribution in [2.75, 3.05) is 0 Å². The summed E-state index contributed by atoms with van der Waals surface area (Å²) in [5.74, 6) is 1.79. The number of hydrogen-bond donors (Lipinski definition) is 0. The lowest BCUT2D eigenvalue weighted by Gasteiger charge is -2.24. The average Bonchev–Trinajstić information content (AvgIpc) is 4.10. The minimum absolute atomic E-state index is 0.0977. The van der Waals surface area contributed by atoms with E-state index in [1.807, 2.05) is 59.2 Å². The number of rotatable bonds is 5. The number of fused-ring (bicyclic) bond motifs is 9. The van der Waals surface area contributed by atoms with Crippen molar-refractivity contribution in [1.82, 2.24) is 24.1 Å². The summed E-state index contributed by atoms with van der Waals surface area (Å²) in [5, 5.41) is 6.29. The largest absolute Gasteiger partial charge is 0.308 e. The molecular formula is C57H25B10N5S. The molecule has 314 valence electrons. The number of nitrogens with zero attached hydrogens (tertiary/aromatic N) is 5. The first-order valence-corrected chi connectivity index (χ1v) is 24.5. The van der Waals surface area contributed by atoms with E-state index in [2.05, 4.69) is 77.4 Å². The summed E-state index contributed by atoms with van der Waals surface area (Å²) in [6.07, 6.45) is 4.12. The van der Waals surface area contributed by atoms with Gasteiger partial charge in [-0.05, 0) is 87.8 Å². The van der Waals surface area contributed by atoms with Gasteiger partial charge in [-0.3, -0.25) is 0 Å². The molecule has 9 aromatic carbocycles. The second-order valence-electron chi connectivity index (χ2n) is 18.7.